The molecule has 1 atom stereocenters. The molecule has 5 nitrogen and oxygen atoms in total. The van der Waals surface area contributed by atoms with Crippen molar-refractivity contribution in [3.8, 4) is 0 Å². The van der Waals surface area contributed by atoms with Gasteiger partial charge in [0.1, 0.15) is 6.04 Å². The minimum absolute atomic E-state index is 0.291. The molecular formula is C17H16Cl2N2O3. The van der Waals surface area contributed by atoms with Crippen molar-refractivity contribution in [2.45, 2.75) is 19.9 Å². The van der Waals surface area contributed by atoms with Crippen molar-refractivity contribution in [2.75, 3.05) is 5.32 Å². The van der Waals surface area contributed by atoms with Crippen molar-refractivity contribution in [1.82, 2.24) is 5.32 Å². The fraction of sp³-hybridized carbons (Fsp3) is 0.176. The molecule has 0 spiro atoms. The van der Waals surface area contributed by atoms with Crippen LogP contribution in [0.5, 0.6) is 0 Å². The van der Waals surface area contributed by atoms with Crippen LogP contribution in [0.2, 0.25) is 10.0 Å². The molecule has 0 aliphatic heterocycles. The first-order valence-corrected chi connectivity index (χ1v) is 7.91. The first kappa shape index (κ1) is 18.1. The van der Waals surface area contributed by atoms with Gasteiger partial charge in [0.25, 0.3) is 5.91 Å². The van der Waals surface area contributed by atoms with E-state index >= 15 is 0 Å². The van der Waals surface area contributed by atoms with Gasteiger partial charge in [-0.2, -0.15) is 0 Å². The van der Waals surface area contributed by atoms with E-state index in [1.165, 1.54) is 6.92 Å². The van der Waals surface area contributed by atoms with Crippen molar-refractivity contribution >= 4 is 46.5 Å². The summed E-state index contributed by atoms with van der Waals surface area (Å²) in [5.41, 5.74) is 2.09. The third-order valence-electron chi connectivity index (χ3n) is 3.43. The summed E-state index contributed by atoms with van der Waals surface area (Å²) in [6.07, 6.45) is 0. The van der Waals surface area contributed by atoms with E-state index in [-0.39, 0.29) is 0 Å². The van der Waals surface area contributed by atoms with E-state index in [0.717, 1.165) is 5.56 Å². The lowest BCUT2D eigenvalue weighted by molar-refractivity contribution is -0.138. The molecule has 3 N–H and O–H groups in total. The molecule has 2 rings (SSSR count). The summed E-state index contributed by atoms with van der Waals surface area (Å²) in [5.74, 6) is -1.62. The Morgan fingerprint density at radius 3 is 2.46 bits per heavy atom. The fourth-order valence-electron chi connectivity index (χ4n) is 2.03. The minimum atomic E-state index is -1.11. The normalized spacial score (nSPS) is 11.7. The summed E-state index contributed by atoms with van der Waals surface area (Å²) in [6, 6.07) is 9.21. The highest BCUT2D eigenvalue weighted by Gasteiger charge is 2.18. The molecule has 7 heteroatoms. The summed E-state index contributed by atoms with van der Waals surface area (Å²) < 4.78 is 0. The smallest absolute Gasteiger partial charge is 0.325 e. The number of carbonyl (C=O) groups excluding carboxylic acids is 1. The van der Waals surface area contributed by atoms with Crippen molar-refractivity contribution in [3.05, 3.63) is 57.6 Å². The lowest BCUT2D eigenvalue weighted by Crippen LogP contribution is -2.38. The van der Waals surface area contributed by atoms with Gasteiger partial charge in [-0.05, 0) is 37.6 Å². The zero-order valence-electron chi connectivity index (χ0n) is 13.1. The molecule has 0 aliphatic carbocycles. The molecule has 0 saturated carbocycles. The second-order valence-corrected chi connectivity index (χ2v) is 6.04. The average Bonchev–Trinajstić information content (AvgIpc) is 2.55. The van der Waals surface area contributed by atoms with Gasteiger partial charge in [-0.3, -0.25) is 9.59 Å². The summed E-state index contributed by atoms with van der Waals surface area (Å²) in [7, 11) is 0. The zero-order valence-corrected chi connectivity index (χ0v) is 14.6. The third kappa shape index (κ3) is 3.99. The Morgan fingerprint density at radius 2 is 1.79 bits per heavy atom. The lowest BCUT2D eigenvalue weighted by Gasteiger charge is -2.16. The van der Waals surface area contributed by atoms with E-state index in [1.807, 2.05) is 6.92 Å². The number of anilines is 2. The topological polar surface area (TPSA) is 78.4 Å². The van der Waals surface area contributed by atoms with Gasteiger partial charge in [-0.25, -0.2) is 0 Å². The number of halogens is 2. The highest BCUT2D eigenvalue weighted by molar-refractivity contribution is 6.39. The van der Waals surface area contributed by atoms with Crippen molar-refractivity contribution in [1.29, 1.82) is 0 Å². The van der Waals surface area contributed by atoms with Gasteiger partial charge in [-0.15, -0.1) is 0 Å². The maximum absolute atomic E-state index is 12.3. The second kappa shape index (κ2) is 7.55. The number of rotatable bonds is 5. The van der Waals surface area contributed by atoms with Gasteiger partial charge in [0.05, 0.1) is 27.0 Å². The van der Waals surface area contributed by atoms with Gasteiger partial charge in [-0.1, -0.05) is 41.4 Å². The van der Waals surface area contributed by atoms with Gasteiger partial charge in [0.15, 0.2) is 0 Å². The number of nitrogens with one attached hydrogen (secondary N) is 2. The molecule has 2 aromatic carbocycles. The number of benzene rings is 2. The quantitative estimate of drug-likeness (QED) is 0.738. The number of para-hydroxylation sites is 1. The molecule has 0 fully saturated rings. The molecule has 0 aliphatic rings. The van der Waals surface area contributed by atoms with E-state index in [9.17, 15) is 9.59 Å². The predicted octanol–water partition coefficient (Wildman–Crippen LogP) is 4.25. The number of carboxylic acids is 1. The Kier molecular flexibility index (Phi) is 5.70. The monoisotopic (exact) mass is 366 g/mol. The van der Waals surface area contributed by atoms with E-state index in [2.05, 4.69) is 10.6 Å². The molecule has 0 aromatic heterocycles. The number of aliphatic carboxylic acids is 1. The van der Waals surface area contributed by atoms with E-state index in [4.69, 9.17) is 28.3 Å². The Labute approximate surface area is 149 Å². The average molecular weight is 367 g/mol. The molecule has 0 radical (unpaired) electrons. The predicted molar refractivity (Wildman–Crippen MR) is 95.5 cm³/mol. The Bertz CT molecular complexity index is 793. The van der Waals surface area contributed by atoms with Crippen LogP contribution in [0.4, 0.5) is 11.4 Å². The van der Waals surface area contributed by atoms with Crippen molar-refractivity contribution in [3.63, 3.8) is 0 Å². The molecule has 24 heavy (non-hydrogen) atoms. The SMILES string of the molecule is Cc1ccc(Cl)c(Nc2ccccc2C(=O)N[C@@H](C)C(=O)O)c1Cl. The van der Waals surface area contributed by atoms with Crippen LogP contribution in [0.25, 0.3) is 0 Å². The van der Waals surface area contributed by atoms with Crippen LogP contribution in [0.3, 0.4) is 0 Å². The number of amides is 1. The van der Waals surface area contributed by atoms with Crippen LogP contribution >= 0.6 is 23.2 Å². The summed E-state index contributed by atoms with van der Waals surface area (Å²) in [4.78, 5) is 23.2. The summed E-state index contributed by atoms with van der Waals surface area (Å²) in [6.45, 7) is 3.24. The molecule has 126 valence electrons. The van der Waals surface area contributed by atoms with Crippen LogP contribution in [-0.2, 0) is 4.79 Å². The van der Waals surface area contributed by atoms with Crippen LogP contribution in [0.15, 0.2) is 36.4 Å². The molecule has 0 bridgehead atoms. The molecule has 0 unspecified atom stereocenters. The molecule has 0 saturated heterocycles. The largest absolute Gasteiger partial charge is 0.480 e. The van der Waals surface area contributed by atoms with Crippen LogP contribution in [-0.4, -0.2) is 23.0 Å². The van der Waals surface area contributed by atoms with Crippen LogP contribution in [0.1, 0.15) is 22.8 Å². The highest BCUT2D eigenvalue weighted by Crippen LogP contribution is 2.35. The zero-order chi connectivity index (χ0) is 17.9. The second-order valence-electron chi connectivity index (χ2n) is 5.26. The number of carbonyl (C=O) groups is 2. The number of hydrogen-bond acceptors (Lipinski definition) is 3. The fourth-order valence-corrected chi connectivity index (χ4v) is 2.50. The Morgan fingerprint density at radius 1 is 1.12 bits per heavy atom. The van der Waals surface area contributed by atoms with Crippen LogP contribution < -0.4 is 10.6 Å². The molecule has 2 aromatic rings. The summed E-state index contributed by atoms with van der Waals surface area (Å²) >= 11 is 12.5. The van der Waals surface area contributed by atoms with E-state index < -0.39 is 17.9 Å². The van der Waals surface area contributed by atoms with Gasteiger partial charge >= 0.3 is 5.97 Å². The Hall–Kier alpha value is -2.24. The maximum Gasteiger partial charge on any atom is 0.325 e. The molecular weight excluding hydrogens is 351 g/mol. The van der Waals surface area contributed by atoms with Gasteiger partial charge in [0, 0.05) is 0 Å². The van der Waals surface area contributed by atoms with Gasteiger partial charge in [0.2, 0.25) is 0 Å². The highest BCUT2D eigenvalue weighted by atomic mass is 35.5. The Balaban J connectivity index is 2.35. The minimum Gasteiger partial charge on any atom is -0.480 e. The van der Waals surface area contributed by atoms with Crippen molar-refractivity contribution in [2.24, 2.45) is 0 Å². The maximum atomic E-state index is 12.3. The first-order valence-electron chi connectivity index (χ1n) is 7.15. The number of hydrogen-bond donors (Lipinski definition) is 3. The molecule has 1 amide bonds. The van der Waals surface area contributed by atoms with E-state index in [0.29, 0.717) is 27.0 Å². The summed E-state index contributed by atoms with van der Waals surface area (Å²) in [5, 5.41) is 15.3. The standard InChI is InChI=1S/C17H16Cl2N2O3/c1-9-7-8-12(18)15(14(9)19)21-13-6-4-3-5-11(13)16(22)20-10(2)17(23)24/h3-8,10,21H,1-2H3,(H,20,22)(H,23,24)/t10-/m0/s1. The first-order chi connectivity index (χ1) is 11.3. The lowest BCUT2D eigenvalue weighted by atomic mass is 10.1. The van der Waals surface area contributed by atoms with Gasteiger partial charge < -0.3 is 15.7 Å². The third-order valence-corrected chi connectivity index (χ3v) is 4.24. The molecule has 0 heterocycles. The van der Waals surface area contributed by atoms with E-state index in [1.54, 1.807) is 36.4 Å². The number of carboxylic acid groups (broad SMARTS) is 1. The van der Waals surface area contributed by atoms with Crippen molar-refractivity contribution < 1.29 is 14.7 Å². The van der Waals surface area contributed by atoms with Crippen LogP contribution in [0, 0.1) is 6.92 Å². The number of aryl methyl sites for hydroxylation is 1.